The zero-order valence-corrected chi connectivity index (χ0v) is 11.3. The van der Waals surface area contributed by atoms with E-state index >= 15 is 0 Å². The first-order valence-electron chi connectivity index (χ1n) is 6.24. The molecule has 0 aliphatic rings. The van der Waals surface area contributed by atoms with Crippen molar-refractivity contribution >= 4 is 12.2 Å². The van der Waals surface area contributed by atoms with Crippen LogP contribution in [-0.4, -0.2) is 32.5 Å². The van der Waals surface area contributed by atoms with E-state index in [1.807, 2.05) is 0 Å². The molecule has 1 amide bonds. The average Bonchev–Trinajstić information content (AvgIpc) is 2.45. The highest BCUT2D eigenvalue weighted by Gasteiger charge is 2.08. The van der Waals surface area contributed by atoms with Crippen LogP contribution in [0.15, 0.2) is 18.2 Å². The number of carbonyl (C=O) groups excluding carboxylic acids is 2. The van der Waals surface area contributed by atoms with Crippen LogP contribution in [0.4, 0.5) is 0 Å². The Kier molecular flexibility index (Phi) is 6.43. The Labute approximate surface area is 112 Å². The second-order valence-corrected chi connectivity index (χ2v) is 4.02. The number of hydrogen-bond donors (Lipinski definition) is 1. The van der Waals surface area contributed by atoms with Gasteiger partial charge in [-0.15, -0.1) is 0 Å². The van der Waals surface area contributed by atoms with Gasteiger partial charge in [0.05, 0.1) is 7.11 Å². The van der Waals surface area contributed by atoms with Crippen molar-refractivity contribution in [2.75, 3.05) is 20.3 Å². The lowest BCUT2D eigenvalue weighted by Gasteiger charge is -2.11. The van der Waals surface area contributed by atoms with Crippen LogP contribution in [0.25, 0.3) is 0 Å². The van der Waals surface area contributed by atoms with Gasteiger partial charge >= 0.3 is 0 Å². The van der Waals surface area contributed by atoms with E-state index in [-0.39, 0.29) is 12.5 Å². The highest BCUT2D eigenvalue weighted by Crippen LogP contribution is 2.27. The smallest absolute Gasteiger partial charge is 0.257 e. The summed E-state index contributed by atoms with van der Waals surface area (Å²) in [5, 5.41) is 2.75. The molecule has 0 aliphatic heterocycles. The van der Waals surface area contributed by atoms with E-state index in [4.69, 9.17) is 9.47 Å². The van der Waals surface area contributed by atoms with Crippen molar-refractivity contribution in [1.82, 2.24) is 5.32 Å². The Hall–Kier alpha value is -2.04. The maximum atomic E-state index is 11.5. The minimum absolute atomic E-state index is 0.0949. The van der Waals surface area contributed by atoms with Gasteiger partial charge in [0, 0.05) is 12.1 Å². The fourth-order valence-electron chi connectivity index (χ4n) is 1.48. The fourth-order valence-corrected chi connectivity index (χ4v) is 1.48. The van der Waals surface area contributed by atoms with Crippen LogP contribution in [-0.2, 0) is 4.79 Å². The molecule has 0 bridgehead atoms. The van der Waals surface area contributed by atoms with Crippen molar-refractivity contribution in [3.63, 3.8) is 0 Å². The number of amides is 1. The monoisotopic (exact) mass is 265 g/mol. The van der Waals surface area contributed by atoms with Gasteiger partial charge in [-0.3, -0.25) is 9.59 Å². The summed E-state index contributed by atoms with van der Waals surface area (Å²) in [6, 6.07) is 4.80. The van der Waals surface area contributed by atoms with Crippen LogP contribution in [0, 0.1) is 0 Å². The van der Waals surface area contributed by atoms with E-state index in [1.54, 1.807) is 18.2 Å². The SMILES string of the molecule is CCCCNC(=O)COc1cc(C=O)ccc1OC. The molecule has 0 saturated heterocycles. The number of benzene rings is 1. The summed E-state index contributed by atoms with van der Waals surface area (Å²) >= 11 is 0. The van der Waals surface area contributed by atoms with Gasteiger partial charge in [0.15, 0.2) is 18.1 Å². The standard InChI is InChI=1S/C14H19NO4/c1-3-4-7-15-14(17)10-19-13-8-11(9-16)5-6-12(13)18-2/h5-6,8-9H,3-4,7,10H2,1-2H3,(H,15,17). The molecule has 0 aliphatic carbocycles. The van der Waals surface area contributed by atoms with Crippen LogP contribution in [0.3, 0.4) is 0 Å². The number of unbranched alkanes of at least 4 members (excludes halogenated alkanes) is 1. The van der Waals surface area contributed by atoms with Crippen molar-refractivity contribution in [1.29, 1.82) is 0 Å². The molecule has 0 fully saturated rings. The number of ether oxygens (including phenoxy) is 2. The quantitative estimate of drug-likeness (QED) is 0.575. The number of methoxy groups -OCH3 is 1. The first-order chi connectivity index (χ1) is 9.21. The van der Waals surface area contributed by atoms with Gasteiger partial charge in [-0.05, 0) is 24.6 Å². The summed E-state index contributed by atoms with van der Waals surface area (Å²) in [5.74, 6) is 0.691. The van der Waals surface area contributed by atoms with Gasteiger partial charge in [-0.25, -0.2) is 0 Å². The lowest BCUT2D eigenvalue weighted by molar-refractivity contribution is -0.123. The fraction of sp³-hybridized carbons (Fsp3) is 0.429. The number of nitrogens with one attached hydrogen (secondary N) is 1. The van der Waals surface area contributed by atoms with Gasteiger partial charge in [-0.2, -0.15) is 0 Å². The van der Waals surface area contributed by atoms with Crippen LogP contribution >= 0.6 is 0 Å². The molecular formula is C14H19NO4. The number of carbonyl (C=O) groups is 2. The lowest BCUT2D eigenvalue weighted by atomic mass is 10.2. The van der Waals surface area contributed by atoms with Crippen LogP contribution in [0.5, 0.6) is 11.5 Å². The molecule has 0 radical (unpaired) electrons. The Morgan fingerprint density at radius 1 is 1.37 bits per heavy atom. The van der Waals surface area contributed by atoms with Gasteiger partial charge in [0.25, 0.3) is 5.91 Å². The summed E-state index contributed by atoms with van der Waals surface area (Å²) in [4.78, 5) is 22.2. The molecule has 104 valence electrons. The van der Waals surface area contributed by atoms with Crippen molar-refractivity contribution in [2.45, 2.75) is 19.8 Å². The van der Waals surface area contributed by atoms with E-state index in [2.05, 4.69) is 12.2 Å². The Balaban J connectivity index is 2.55. The van der Waals surface area contributed by atoms with E-state index in [1.165, 1.54) is 7.11 Å². The summed E-state index contributed by atoms with van der Waals surface area (Å²) in [6.07, 6.45) is 2.68. The van der Waals surface area contributed by atoms with Crippen molar-refractivity contribution in [3.05, 3.63) is 23.8 Å². The Bertz CT molecular complexity index is 431. The molecule has 19 heavy (non-hydrogen) atoms. The highest BCUT2D eigenvalue weighted by molar-refractivity contribution is 5.78. The third kappa shape index (κ3) is 4.99. The van der Waals surface area contributed by atoms with E-state index in [9.17, 15) is 9.59 Å². The third-order valence-corrected chi connectivity index (χ3v) is 2.54. The molecular weight excluding hydrogens is 246 g/mol. The van der Waals surface area contributed by atoms with Crippen molar-refractivity contribution in [2.24, 2.45) is 0 Å². The van der Waals surface area contributed by atoms with Crippen LogP contribution in [0.1, 0.15) is 30.1 Å². The predicted octanol–water partition coefficient (Wildman–Crippen LogP) is 1.80. The maximum absolute atomic E-state index is 11.5. The zero-order valence-electron chi connectivity index (χ0n) is 11.3. The van der Waals surface area contributed by atoms with Crippen molar-refractivity contribution < 1.29 is 19.1 Å². The molecule has 1 N–H and O–H groups in total. The second kappa shape index (κ2) is 8.13. The number of aldehydes is 1. The molecule has 5 nitrogen and oxygen atoms in total. The van der Waals surface area contributed by atoms with Crippen LogP contribution < -0.4 is 14.8 Å². The van der Waals surface area contributed by atoms with Gasteiger partial charge < -0.3 is 14.8 Å². The molecule has 0 spiro atoms. The Morgan fingerprint density at radius 2 is 2.16 bits per heavy atom. The van der Waals surface area contributed by atoms with E-state index in [0.717, 1.165) is 12.8 Å². The molecule has 1 rings (SSSR count). The summed E-state index contributed by atoms with van der Waals surface area (Å²) in [7, 11) is 1.50. The molecule has 0 unspecified atom stereocenters. The highest BCUT2D eigenvalue weighted by atomic mass is 16.5. The summed E-state index contributed by atoms with van der Waals surface area (Å²) in [5.41, 5.74) is 0.474. The van der Waals surface area contributed by atoms with Gasteiger partial charge in [0.1, 0.15) is 6.29 Å². The summed E-state index contributed by atoms with van der Waals surface area (Å²) < 4.78 is 10.5. The van der Waals surface area contributed by atoms with E-state index < -0.39 is 0 Å². The molecule has 0 heterocycles. The van der Waals surface area contributed by atoms with Crippen molar-refractivity contribution in [3.8, 4) is 11.5 Å². The predicted molar refractivity (Wildman–Crippen MR) is 71.8 cm³/mol. The molecule has 0 aromatic heterocycles. The normalized spacial score (nSPS) is 9.79. The molecule has 0 saturated carbocycles. The first kappa shape index (κ1) is 15.0. The minimum atomic E-state index is -0.188. The topological polar surface area (TPSA) is 64.6 Å². The Morgan fingerprint density at radius 3 is 2.79 bits per heavy atom. The van der Waals surface area contributed by atoms with Gasteiger partial charge in [-0.1, -0.05) is 13.3 Å². The average molecular weight is 265 g/mol. The number of rotatable bonds is 8. The van der Waals surface area contributed by atoms with E-state index in [0.29, 0.717) is 29.9 Å². The summed E-state index contributed by atoms with van der Waals surface area (Å²) in [6.45, 7) is 2.60. The number of hydrogen-bond acceptors (Lipinski definition) is 4. The molecule has 5 heteroatoms. The minimum Gasteiger partial charge on any atom is -0.493 e. The van der Waals surface area contributed by atoms with Gasteiger partial charge in [0.2, 0.25) is 0 Å². The molecule has 1 aromatic rings. The third-order valence-electron chi connectivity index (χ3n) is 2.54. The molecule has 0 atom stereocenters. The maximum Gasteiger partial charge on any atom is 0.257 e. The first-order valence-corrected chi connectivity index (χ1v) is 6.24. The zero-order chi connectivity index (χ0) is 14.1. The second-order valence-electron chi connectivity index (χ2n) is 4.02. The lowest BCUT2D eigenvalue weighted by Crippen LogP contribution is -2.29. The van der Waals surface area contributed by atoms with Crippen LogP contribution in [0.2, 0.25) is 0 Å². The largest absolute Gasteiger partial charge is 0.493 e. The molecule has 1 aromatic carbocycles.